The molecule has 1 heterocycles. The second kappa shape index (κ2) is 7.25. The normalized spacial score (nSPS) is 10.9. The van der Waals surface area contributed by atoms with E-state index in [1.807, 2.05) is 0 Å². The van der Waals surface area contributed by atoms with Crippen LogP contribution >= 0.6 is 0 Å². The van der Waals surface area contributed by atoms with Crippen LogP contribution in [0.2, 0.25) is 0 Å². The quantitative estimate of drug-likeness (QED) is 0.782. The van der Waals surface area contributed by atoms with Crippen LogP contribution in [0, 0.1) is 0 Å². The predicted octanol–water partition coefficient (Wildman–Crippen LogP) is 3.76. The van der Waals surface area contributed by atoms with Gasteiger partial charge in [0.1, 0.15) is 11.6 Å². The third-order valence-electron chi connectivity index (χ3n) is 3.07. The van der Waals surface area contributed by atoms with Gasteiger partial charge in [-0.05, 0) is 25.7 Å². The molecule has 17 heavy (non-hydrogen) atoms. The van der Waals surface area contributed by atoms with Crippen molar-refractivity contribution in [1.82, 2.24) is 9.97 Å². The molecule has 0 unspecified atom stereocenters. The lowest BCUT2D eigenvalue weighted by Crippen LogP contribution is -2.09. The molecule has 3 nitrogen and oxygen atoms in total. The Morgan fingerprint density at radius 2 is 1.82 bits per heavy atom. The summed E-state index contributed by atoms with van der Waals surface area (Å²) in [5.41, 5.74) is 1.14. The summed E-state index contributed by atoms with van der Waals surface area (Å²) in [5, 5.41) is 3.36. The molecule has 0 aliphatic carbocycles. The molecule has 0 atom stereocenters. The van der Waals surface area contributed by atoms with E-state index in [9.17, 15) is 0 Å². The zero-order valence-corrected chi connectivity index (χ0v) is 11.6. The first-order chi connectivity index (χ1) is 8.24. The van der Waals surface area contributed by atoms with Gasteiger partial charge in [-0.3, -0.25) is 0 Å². The largest absolute Gasteiger partial charge is 0.370 e. The lowest BCUT2D eigenvalue weighted by Gasteiger charge is -2.14. The molecule has 1 N–H and O–H groups in total. The third-order valence-corrected chi connectivity index (χ3v) is 3.07. The van der Waals surface area contributed by atoms with Crippen LogP contribution in [-0.2, 0) is 6.42 Å². The van der Waals surface area contributed by atoms with Gasteiger partial charge in [0, 0.05) is 24.2 Å². The van der Waals surface area contributed by atoms with E-state index in [-0.39, 0.29) is 0 Å². The zero-order chi connectivity index (χ0) is 12.7. The molecule has 1 aromatic rings. The number of nitrogens with zero attached hydrogens (tertiary/aromatic N) is 2. The van der Waals surface area contributed by atoms with Crippen LogP contribution in [0.5, 0.6) is 0 Å². The summed E-state index contributed by atoms with van der Waals surface area (Å²) >= 11 is 0. The van der Waals surface area contributed by atoms with E-state index < -0.39 is 0 Å². The van der Waals surface area contributed by atoms with Crippen molar-refractivity contribution >= 4 is 5.82 Å². The Balaban J connectivity index is 2.95. The number of hydrogen-bond acceptors (Lipinski definition) is 3. The van der Waals surface area contributed by atoms with Crippen LogP contribution in [0.4, 0.5) is 5.82 Å². The van der Waals surface area contributed by atoms with E-state index in [1.54, 1.807) is 0 Å². The minimum atomic E-state index is 0.490. The van der Waals surface area contributed by atoms with Crippen molar-refractivity contribution in [3.05, 3.63) is 17.6 Å². The Morgan fingerprint density at radius 1 is 1.12 bits per heavy atom. The number of hydrogen-bond donors (Lipinski definition) is 1. The number of aromatic nitrogens is 2. The maximum absolute atomic E-state index is 4.65. The molecule has 0 spiro atoms. The lowest BCUT2D eigenvalue weighted by atomic mass is 10.0. The number of aryl methyl sites for hydroxylation is 1. The van der Waals surface area contributed by atoms with Crippen molar-refractivity contribution in [2.75, 3.05) is 11.9 Å². The fourth-order valence-corrected chi connectivity index (χ4v) is 1.88. The first-order valence-electron chi connectivity index (χ1n) is 6.86. The van der Waals surface area contributed by atoms with Crippen LogP contribution in [0.1, 0.15) is 64.4 Å². The van der Waals surface area contributed by atoms with E-state index in [1.165, 1.54) is 0 Å². The summed E-state index contributed by atoms with van der Waals surface area (Å²) in [4.78, 5) is 9.29. The highest BCUT2D eigenvalue weighted by Gasteiger charge is 2.12. The highest BCUT2D eigenvalue weighted by Crippen LogP contribution is 2.21. The van der Waals surface area contributed by atoms with E-state index in [4.69, 9.17) is 0 Å². The van der Waals surface area contributed by atoms with Gasteiger partial charge in [-0.2, -0.15) is 0 Å². The van der Waals surface area contributed by atoms with Gasteiger partial charge in [-0.1, -0.05) is 27.7 Å². The average Bonchev–Trinajstić information content (AvgIpc) is 2.37. The van der Waals surface area contributed by atoms with E-state index in [0.717, 1.165) is 49.6 Å². The Kier molecular flexibility index (Phi) is 5.95. The molecular weight excluding hydrogens is 210 g/mol. The zero-order valence-electron chi connectivity index (χ0n) is 11.6. The second-order valence-corrected chi connectivity index (χ2v) is 4.40. The number of anilines is 1. The maximum atomic E-state index is 4.65. The average molecular weight is 235 g/mol. The lowest BCUT2D eigenvalue weighted by molar-refractivity contribution is 0.598. The summed E-state index contributed by atoms with van der Waals surface area (Å²) in [6.07, 6.45) is 4.30. The SMILES string of the molecule is CCCNc1cc(CC)nc(C(CC)CC)n1. The van der Waals surface area contributed by atoms with Gasteiger partial charge in [0.05, 0.1) is 0 Å². The minimum absolute atomic E-state index is 0.490. The molecule has 0 saturated carbocycles. The fourth-order valence-electron chi connectivity index (χ4n) is 1.88. The molecule has 0 amide bonds. The Bertz CT molecular complexity index is 332. The molecular formula is C14H25N3. The minimum Gasteiger partial charge on any atom is -0.370 e. The van der Waals surface area contributed by atoms with Crippen molar-refractivity contribution in [1.29, 1.82) is 0 Å². The Morgan fingerprint density at radius 3 is 2.35 bits per heavy atom. The highest BCUT2D eigenvalue weighted by molar-refractivity contribution is 5.36. The van der Waals surface area contributed by atoms with Gasteiger partial charge in [0.25, 0.3) is 0 Å². The molecule has 3 heteroatoms. The molecule has 0 saturated heterocycles. The molecule has 0 bridgehead atoms. The number of rotatable bonds is 7. The van der Waals surface area contributed by atoms with E-state index >= 15 is 0 Å². The number of nitrogens with one attached hydrogen (secondary N) is 1. The molecule has 0 aliphatic heterocycles. The van der Waals surface area contributed by atoms with Crippen LogP contribution in [0.25, 0.3) is 0 Å². The Labute approximate surface area is 105 Å². The third kappa shape index (κ3) is 3.99. The van der Waals surface area contributed by atoms with Gasteiger partial charge < -0.3 is 5.32 Å². The van der Waals surface area contributed by atoms with Crippen molar-refractivity contribution in [3.63, 3.8) is 0 Å². The maximum Gasteiger partial charge on any atom is 0.134 e. The van der Waals surface area contributed by atoms with Gasteiger partial charge in [0.2, 0.25) is 0 Å². The standard InChI is InChI=1S/C14H25N3/c1-5-9-15-13-10-12(8-4)16-14(17-13)11(6-2)7-3/h10-11H,5-9H2,1-4H3,(H,15,16,17). The van der Waals surface area contributed by atoms with Crippen LogP contribution in [0.15, 0.2) is 6.07 Å². The first-order valence-corrected chi connectivity index (χ1v) is 6.86. The van der Waals surface area contributed by atoms with Gasteiger partial charge >= 0.3 is 0 Å². The highest BCUT2D eigenvalue weighted by atomic mass is 15.0. The van der Waals surface area contributed by atoms with Gasteiger partial charge in [-0.25, -0.2) is 9.97 Å². The molecule has 0 aliphatic rings. The summed E-state index contributed by atoms with van der Waals surface area (Å²) in [6, 6.07) is 2.07. The summed E-state index contributed by atoms with van der Waals surface area (Å²) < 4.78 is 0. The second-order valence-electron chi connectivity index (χ2n) is 4.40. The first kappa shape index (κ1) is 13.9. The van der Waals surface area contributed by atoms with Gasteiger partial charge in [0.15, 0.2) is 0 Å². The predicted molar refractivity (Wildman–Crippen MR) is 73.5 cm³/mol. The monoisotopic (exact) mass is 235 g/mol. The van der Waals surface area contributed by atoms with Crippen molar-refractivity contribution in [2.24, 2.45) is 0 Å². The Hall–Kier alpha value is -1.12. The molecule has 96 valence electrons. The van der Waals surface area contributed by atoms with Crippen LogP contribution < -0.4 is 5.32 Å². The summed E-state index contributed by atoms with van der Waals surface area (Å²) in [6.45, 7) is 9.69. The molecule has 1 aromatic heterocycles. The van der Waals surface area contributed by atoms with Crippen molar-refractivity contribution in [3.8, 4) is 0 Å². The summed E-state index contributed by atoms with van der Waals surface area (Å²) in [7, 11) is 0. The van der Waals surface area contributed by atoms with Crippen molar-refractivity contribution < 1.29 is 0 Å². The molecule has 0 aromatic carbocycles. The van der Waals surface area contributed by atoms with Crippen LogP contribution in [0.3, 0.4) is 0 Å². The molecule has 0 radical (unpaired) electrons. The van der Waals surface area contributed by atoms with Crippen molar-refractivity contribution in [2.45, 2.75) is 59.3 Å². The van der Waals surface area contributed by atoms with E-state index in [0.29, 0.717) is 5.92 Å². The molecule has 0 fully saturated rings. The van der Waals surface area contributed by atoms with Crippen LogP contribution in [-0.4, -0.2) is 16.5 Å². The van der Waals surface area contributed by atoms with Gasteiger partial charge in [-0.15, -0.1) is 0 Å². The van der Waals surface area contributed by atoms with E-state index in [2.05, 4.69) is 49.0 Å². The smallest absolute Gasteiger partial charge is 0.134 e. The fraction of sp³-hybridized carbons (Fsp3) is 0.714. The molecule has 1 rings (SSSR count). The topological polar surface area (TPSA) is 37.8 Å². The summed E-state index contributed by atoms with van der Waals surface area (Å²) in [5.74, 6) is 2.48.